The fraction of sp³-hybridized carbons (Fsp3) is 0.632. The van der Waals surface area contributed by atoms with Gasteiger partial charge in [-0.1, -0.05) is 0 Å². The van der Waals surface area contributed by atoms with Crippen LogP contribution in [0.3, 0.4) is 0 Å². The summed E-state index contributed by atoms with van der Waals surface area (Å²) >= 11 is 0. The first-order valence-corrected chi connectivity index (χ1v) is 13.1. The van der Waals surface area contributed by atoms with Gasteiger partial charge in [-0.3, -0.25) is 4.79 Å². The Morgan fingerprint density at radius 2 is 1.65 bits per heavy atom. The summed E-state index contributed by atoms with van der Waals surface area (Å²) in [5.41, 5.74) is 0.288. The summed E-state index contributed by atoms with van der Waals surface area (Å²) in [6, 6.07) is 4.44. The smallest absolute Gasteiger partial charge is 0.281 e. The second kappa shape index (κ2) is 9.41. The van der Waals surface area contributed by atoms with Gasteiger partial charge in [-0.2, -0.15) is 21.3 Å². The van der Waals surface area contributed by atoms with Crippen molar-refractivity contribution in [2.75, 3.05) is 52.7 Å². The highest BCUT2D eigenvalue weighted by Crippen LogP contribution is 2.31. The number of anilines is 1. The predicted octanol–water partition coefficient (Wildman–Crippen LogP) is 0.937. The lowest BCUT2D eigenvalue weighted by molar-refractivity contribution is -0.120. The Hall–Kier alpha value is -1.73. The Bertz CT molecular complexity index is 1010. The van der Waals surface area contributed by atoms with Crippen LogP contribution in [0.5, 0.6) is 5.75 Å². The van der Waals surface area contributed by atoms with Crippen molar-refractivity contribution in [1.29, 1.82) is 0 Å². The van der Waals surface area contributed by atoms with E-state index in [1.807, 2.05) is 0 Å². The average molecular weight is 475 g/mol. The van der Waals surface area contributed by atoms with Crippen molar-refractivity contribution in [3.8, 4) is 5.75 Å². The zero-order valence-electron chi connectivity index (χ0n) is 18.1. The van der Waals surface area contributed by atoms with E-state index in [-0.39, 0.29) is 35.5 Å². The topological polar surface area (TPSA) is 116 Å². The molecule has 0 radical (unpaired) electrons. The van der Waals surface area contributed by atoms with Gasteiger partial charge in [-0.05, 0) is 43.9 Å². The molecule has 0 aliphatic carbocycles. The molecule has 10 nitrogen and oxygen atoms in total. The zero-order chi connectivity index (χ0) is 22.8. The molecule has 2 heterocycles. The molecule has 0 spiro atoms. The van der Waals surface area contributed by atoms with E-state index in [0.717, 1.165) is 17.1 Å². The van der Waals surface area contributed by atoms with Gasteiger partial charge in [0.1, 0.15) is 5.75 Å². The number of nitrogens with zero attached hydrogens (tertiary/aromatic N) is 3. The van der Waals surface area contributed by atoms with Gasteiger partial charge in [0.15, 0.2) is 0 Å². The van der Waals surface area contributed by atoms with E-state index < -0.39 is 20.2 Å². The van der Waals surface area contributed by atoms with E-state index >= 15 is 0 Å². The quantitative estimate of drug-likeness (QED) is 0.629. The summed E-state index contributed by atoms with van der Waals surface area (Å²) in [6.07, 6.45) is 2.43. The molecule has 0 bridgehead atoms. The Kier molecular flexibility index (Phi) is 7.26. The summed E-state index contributed by atoms with van der Waals surface area (Å²) in [7, 11) is -2.74. The Morgan fingerprint density at radius 3 is 2.19 bits per heavy atom. The van der Waals surface area contributed by atoms with Crippen LogP contribution in [0.2, 0.25) is 0 Å². The minimum Gasteiger partial charge on any atom is -0.495 e. The second-order valence-electron chi connectivity index (χ2n) is 7.93. The van der Waals surface area contributed by atoms with Gasteiger partial charge in [-0.15, -0.1) is 0 Å². The molecule has 1 amide bonds. The summed E-state index contributed by atoms with van der Waals surface area (Å²) in [5.74, 6) is -0.297. The van der Waals surface area contributed by atoms with E-state index in [0.29, 0.717) is 31.7 Å². The maximum Gasteiger partial charge on any atom is 0.281 e. The van der Waals surface area contributed by atoms with E-state index in [2.05, 4.69) is 5.32 Å². The van der Waals surface area contributed by atoms with Crippen molar-refractivity contribution in [1.82, 2.24) is 12.9 Å². The number of piperidine rings is 1. The molecule has 0 unspecified atom stereocenters. The molecule has 31 heavy (non-hydrogen) atoms. The molecule has 3 rings (SSSR count). The number of amides is 1. The van der Waals surface area contributed by atoms with Crippen LogP contribution in [0.1, 0.15) is 25.7 Å². The van der Waals surface area contributed by atoms with Crippen molar-refractivity contribution >= 4 is 31.8 Å². The van der Waals surface area contributed by atoms with Gasteiger partial charge in [-0.25, -0.2) is 8.42 Å². The summed E-state index contributed by atoms with van der Waals surface area (Å²) in [5, 5.41) is 2.79. The first kappa shape index (κ1) is 23.9. The average Bonchev–Trinajstić information content (AvgIpc) is 3.29. The standard InChI is InChI=1S/C19H30N4O6S2/c1-21(2)31(27,28)23-12-8-15(9-13-23)19(24)20-17-14-16(6-7-18(17)29-3)30(25,26)22-10-4-5-11-22/h6-7,14-15H,4-5,8-13H2,1-3H3,(H,20,24). The molecule has 1 aromatic rings. The number of sulfonamides is 1. The van der Waals surface area contributed by atoms with Gasteiger partial charge < -0.3 is 10.1 Å². The fourth-order valence-corrected chi connectivity index (χ4v) is 6.52. The van der Waals surface area contributed by atoms with Crippen molar-refractivity contribution in [3.05, 3.63) is 18.2 Å². The van der Waals surface area contributed by atoms with Crippen molar-refractivity contribution in [3.63, 3.8) is 0 Å². The third-order valence-electron chi connectivity index (χ3n) is 5.74. The van der Waals surface area contributed by atoms with E-state index in [9.17, 15) is 21.6 Å². The minimum absolute atomic E-state index is 0.109. The summed E-state index contributed by atoms with van der Waals surface area (Å²) < 4.78 is 59.5. The molecular formula is C19H30N4O6S2. The zero-order valence-corrected chi connectivity index (χ0v) is 19.7. The number of carbonyl (C=O) groups is 1. The summed E-state index contributed by atoms with van der Waals surface area (Å²) in [4.78, 5) is 12.9. The number of rotatable bonds is 7. The van der Waals surface area contributed by atoms with E-state index in [4.69, 9.17) is 4.74 Å². The monoisotopic (exact) mass is 474 g/mol. The molecular weight excluding hydrogens is 444 g/mol. The molecule has 174 valence electrons. The summed E-state index contributed by atoms with van der Waals surface area (Å²) in [6.45, 7) is 1.48. The van der Waals surface area contributed by atoms with Gasteiger partial charge in [0.2, 0.25) is 15.9 Å². The van der Waals surface area contributed by atoms with Crippen LogP contribution in [-0.4, -0.2) is 83.0 Å². The van der Waals surface area contributed by atoms with Crippen molar-refractivity contribution in [2.24, 2.45) is 5.92 Å². The highest BCUT2D eigenvalue weighted by atomic mass is 32.2. The first-order chi connectivity index (χ1) is 14.6. The molecule has 1 N–H and O–H groups in total. The largest absolute Gasteiger partial charge is 0.495 e. The SMILES string of the molecule is COc1ccc(S(=O)(=O)N2CCCC2)cc1NC(=O)C1CCN(S(=O)(=O)N(C)C)CC1. The highest BCUT2D eigenvalue weighted by Gasteiger charge is 2.33. The van der Waals surface area contributed by atoms with Crippen LogP contribution in [0, 0.1) is 5.92 Å². The molecule has 2 saturated heterocycles. The van der Waals surface area contributed by atoms with Gasteiger partial charge in [0, 0.05) is 46.2 Å². The molecule has 0 saturated carbocycles. The lowest BCUT2D eigenvalue weighted by Gasteiger charge is -2.32. The van der Waals surface area contributed by atoms with Crippen LogP contribution in [-0.2, 0) is 25.0 Å². The van der Waals surface area contributed by atoms with Crippen LogP contribution in [0.15, 0.2) is 23.1 Å². The molecule has 1 aromatic carbocycles. The third kappa shape index (κ3) is 5.03. The maximum atomic E-state index is 12.9. The number of ether oxygens (including phenoxy) is 1. The van der Waals surface area contributed by atoms with Crippen LogP contribution >= 0.6 is 0 Å². The lowest BCUT2D eigenvalue weighted by atomic mass is 9.97. The molecule has 2 fully saturated rings. The Balaban J connectivity index is 1.73. The van der Waals surface area contributed by atoms with Crippen molar-refractivity contribution in [2.45, 2.75) is 30.6 Å². The number of benzene rings is 1. The Morgan fingerprint density at radius 1 is 1.03 bits per heavy atom. The fourth-order valence-electron chi connectivity index (χ4n) is 3.84. The Labute approximate surface area is 184 Å². The predicted molar refractivity (Wildman–Crippen MR) is 117 cm³/mol. The number of hydrogen-bond acceptors (Lipinski definition) is 6. The van der Waals surface area contributed by atoms with Crippen LogP contribution in [0.4, 0.5) is 5.69 Å². The number of nitrogens with one attached hydrogen (secondary N) is 1. The van der Waals surface area contributed by atoms with Crippen LogP contribution in [0.25, 0.3) is 0 Å². The van der Waals surface area contributed by atoms with Crippen LogP contribution < -0.4 is 10.1 Å². The second-order valence-corrected chi connectivity index (χ2v) is 12.0. The molecule has 0 atom stereocenters. The third-order valence-corrected chi connectivity index (χ3v) is 9.58. The van der Waals surface area contributed by atoms with Gasteiger partial charge in [0.05, 0.1) is 17.7 Å². The van der Waals surface area contributed by atoms with Gasteiger partial charge in [0.25, 0.3) is 10.2 Å². The maximum absolute atomic E-state index is 12.9. The van der Waals surface area contributed by atoms with Gasteiger partial charge >= 0.3 is 0 Å². The number of methoxy groups -OCH3 is 1. The molecule has 12 heteroatoms. The first-order valence-electron chi connectivity index (χ1n) is 10.2. The minimum atomic E-state index is -3.63. The molecule has 0 aromatic heterocycles. The molecule has 2 aliphatic heterocycles. The van der Waals surface area contributed by atoms with E-state index in [1.54, 1.807) is 0 Å². The molecule has 2 aliphatic rings. The van der Waals surface area contributed by atoms with Crippen molar-refractivity contribution < 1.29 is 26.4 Å². The number of hydrogen-bond donors (Lipinski definition) is 1. The number of carbonyl (C=O) groups excluding carboxylic acids is 1. The van der Waals surface area contributed by atoms with E-state index in [1.165, 1.54) is 48.0 Å². The highest BCUT2D eigenvalue weighted by molar-refractivity contribution is 7.89. The lowest BCUT2D eigenvalue weighted by Crippen LogP contribution is -2.46. The normalized spacial score (nSPS) is 19.6.